The van der Waals surface area contributed by atoms with E-state index in [-0.39, 0.29) is 18.4 Å². The lowest BCUT2D eigenvalue weighted by Gasteiger charge is -2.10. The zero-order valence-electron chi connectivity index (χ0n) is 14.4. The number of amides is 2. The van der Waals surface area contributed by atoms with Crippen molar-refractivity contribution in [1.29, 1.82) is 0 Å². The summed E-state index contributed by atoms with van der Waals surface area (Å²) in [5.41, 5.74) is 2.86. The Balaban J connectivity index is 1.92. The molecule has 2 aromatic carbocycles. The van der Waals surface area contributed by atoms with E-state index in [1.807, 2.05) is 26.0 Å². The maximum atomic E-state index is 12.1. The molecule has 0 aliphatic carbocycles. The summed E-state index contributed by atoms with van der Waals surface area (Å²) < 4.78 is 0. The number of nitrogens with one attached hydrogen (secondary N) is 3. The molecule has 0 aromatic heterocycles. The number of rotatable bonds is 7. The first-order chi connectivity index (χ1) is 12.0. The Kier molecular flexibility index (Phi) is 6.83. The highest BCUT2D eigenvalue weighted by atomic mass is 35.5. The summed E-state index contributed by atoms with van der Waals surface area (Å²) in [7, 11) is 0. The van der Waals surface area contributed by atoms with Crippen LogP contribution >= 0.6 is 11.6 Å². The molecule has 2 amide bonds. The maximum Gasteiger partial charge on any atom is 0.251 e. The minimum absolute atomic E-state index is 0.0736. The fourth-order valence-electron chi connectivity index (χ4n) is 2.21. The number of hydrogen-bond acceptors (Lipinski definition) is 3. The number of anilines is 2. The molecule has 0 saturated heterocycles. The molecule has 0 bridgehead atoms. The van der Waals surface area contributed by atoms with Crippen LogP contribution in [-0.4, -0.2) is 24.9 Å². The summed E-state index contributed by atoms with van der Waals surface area (Å²) in [6, 6.07) is 12.5. The molecule has 25 heavy (non-hydrogen) atoms. The van der Waals surface area contributed by atoms with Gasteiger partial charge in [-0.05, 0) is 49.2 Å². The van der Waals surface area contributed by atoms with Gasteiger partial charge in [0.1, 0.15) is 0 Å². The molecule has 0 aliphatic heterocycles. The molecule has 3 N–H and O–H groups in total. The minimum Gasteiger partial charge on any atom is -0.376 e. The van der Waals surface area contributed by atoms with Gasteiger partial charge in [-0.15, -0.1) is 0 Å². The van der Waals surface area contributed by atoms with Crippen LogP contribution in [0.5, 0.6) is 0 Å². The van der Waals surface area contributed by atoms with Gasteiger partial charge in [0.15, 0.2) is 0 Å². The Morgan fingerprint density at radius 2 is 1.92 bits per heavy atom. The quantitative estimate of drug-likeness (QED) is 0.703. The number of carbonyl (C=O) groups is 2. The van der Waals surface area contributed by atoms with E-state index in [2.05, 4.69) is 16.0 Å². The van der Waals surface area contributed by atoms with Crippen LogP contribution in [0.3, 0.4) is 0 Å². The van der Waals surface area contributed by atoms with Crippen molar-refractivity contribution in [3.05, 3.63) is 58.6 Å². The van der Waals surface area contributed by atoms with Crippen molar-refractivity contribution in [3.63, 3.8) is 0 Å². The van der Waals surface area contributed by atoms with Crippen molar-refractivity contribution in [2.75, 3.05) is 23.7 Å². The average Bonchev–Trinajstić information content (AvgIpc) is 2.60. The molecular formula is C19H22ClN3O2. The third-order valence-electron chi connectivity index (χ3n) is 3.51. The molecular weight excluding hydrogens is 338 g/mol. The van der Waals surface area contributed by atoms with Gasteiger partial charge in [-0.2, -0.15) is 0 Å². The maximum absolute atomic E-state index is 12.1. The number of halogens is 1. The standard InChI is InChI=1S/C19H22ClN3O2/c1-3-9-21-19(25)14-5-4-6-15(11-14)22-12-18(24)23-17-8-7-13(2)10-16(17)20/h4-8,10-11,22H,3,9,12H2,1-2H3,(H,21,25)(H,23,24). The monoisotopic (exact) mass is 359 g/mol. The third-order valence-corrected chi connectivity index (χ3v) is 3.82. The van der Waals surface area contributed by atoms with Crippen molar-refractivity contribution in [2.24, 2.45) is 0 Å². The molecule has 6 heteroatoms. The van der Waals surface area contributed by atoms with Gasteiger partial charge in [0.2, 0.25) is 5.91 Å². The molecule has 132 valence electrons. The second kappa shape index (κ2) is 9.08. The summed E-state index contributed by atoms with van der Waals surface area (Å²) in [5, 5.41) is 9.10. The van der Waals surface area contributed by atoms with Crippen molar-refractivity contribution in [3.8, 4) is 0 Å². The molecule has 5 nitrogen and oxygen atoms in total. The normalized spacial score (nSPS) is 10.2. The van der Waals surface area contributed by atoms with E-state index in [1.165, 1.54) is 0 Å². The van der Waals surface area contributed by atoms with E-state index in [0.29, 0.717) is 28.5 Å². The SMILES string of the molecule is CCCNC(=O)c1cccc(NCC(=O)Nc2ccc(C)cc2Cl)c1. The molecule has 0 saturated carbocycles. The van der Waals surface area contributed by atoms with Crippen LogP contribution in [0.1, 0.15) is 29.3 Å². The van der Waals surface area contributed by atoms with Gasteiger partial charge in [0.05, 0.1) is 17.3 Å². The van der Waals surface area contributed by atoms with Crippen molar-refractivity contribution >= 4 is 34.8 Å². The topological polar surface area (TPSA) is 70.2 Å². The van der Waals surface area contributed by atoms with Crippen molar-refractivity contribution in [2.45, 2.75) is 20.3 Å². The van der Waals surface area contributed by atoms with Crippen LogP contribution in [-0.2, 0) is 4.79 Å². The highest BCUT2D eigenvalue weighted by Crippen LogP contribution is 2.22. The van der Waals surface area contributed by atoms with Gasteiger partial charge in [0, 0.05) is 17.8 Å². The Morgan fingerprint density at radius 3 is 2.64 bits per heavy atom. The van der Waals surface area contributed by atoms with E-state index in [0.717, 1.165) is 12.0 Å². The molecule has 2 rings (SSSR count). The van der Waals surface area contributed by atoms with Crippen LogP contribution in [0.25, 0.3) is 0 Å². The summed E-state index contributed by atoms with van der Waals surface area (Å²) in [6.07, 6.45) is 0.880. The number of aryl methyl sites for hydroxylation is 1. The van der Waals surface area contributed by atoms with Gasteiger partial charge < -0.3 is 16.0 Å². The molecule has 0 fully saturated rings. The van der Waals surface area contributed by atoms with Gasteiger partial charge in [-0.25, -0.2) is 0 Å². The zero-order valence-corrected chi connectivity index (χ0v) is 15.1. The molecule has 0 radical (unpaired) electrons. The molecule has 0 spiro atoms. The zero-order chi connectivity index (χ0) is 18.2. The number of benzene rings is 2. The lowest BCUT2D eigenvalue weighted by Crippen LogP contribution is -2.24. The second-order valence-electron chi connectivity index (χ2n) is 5.72. The first-order valence-electron chi connectivity index (χ1n) is 8.17. The summed E-state index contributed by atoms with van der Waals surface area (Å²) in [5.74, 6) is -0.340. The van der Waals surface area contributed by atoms with Gasteiger partial charge in [-0.3, -0.25) is 9.59 Å². The van der Waals surface area contributed by atoms with E-state index in [4.69, 9.17) is 11.6 Å². The van der Waals surface area contributed by atoms with Gasteiger partial charge in [-0.1, -0.05) is 30.7 Å². The Bertz CT molecular complexity index is 762. The van der Waals surface area contributed by atoms with E-state index < -0.39 is 0 Å². The average molecular weight is 360 g/mol. The molecule has 0 unspecified atom stereocenters. The smallest absolute Gasteiger partial charge is 0.251 e. The predicted molar refractivity (Wildman–Crippen MR) is 102 cm³/mol. The van der Waals surface area contributed by atoms with Gasteiger partial charge >= 0.3 is 0 Å². The fourth-order valence-corrected chi connectivity index (χ4v) is 2.49. The van der Waals surface area contributed by atoms with Crippen LogP contribution in [0.4, 0.5) is 11.4 Å². The van der Waals surface area contributed by atoms with Crippen LogP contribution in [0.15, 0.2) is 42.5 Å². The first-order valence-corrected chi connectivity index (χ1v) is 8.55. The lowest BCUT2D eigenvalue weighted by atomic mass is 10.2. The van der Waals surface area contributed by atoms with Crippen molar-refractivity contribution in [1.82, 2.24) is 5.32 Å². The Labute approximate surface area is 152 Å². The number of hydrogen-bond donors (Lipinski definition) is 3. The van der Waals surface area contributed by atoms with E-state index >= 15 is 0 Å². The summed E-state index contributed by atoms with van der Waals surface area (Å²) in [6.45, 7) is 4.64. The molecule has 0 atom stereocenters. The number of carbonyl (C=O) groups excluding carboxylic acids is 2. The molecule has 0 heterocycles. The molecule has 2 aromatic rings. The van der Waals surface area contributed by atoms with Crippen LogP contribution in [0.2, 0.25) is 5.02 Å². The highest BCUT2D eigenvalue weighted by molar-refractivity contribution is 6.33. The third kappa shape index (κ3) is 5.80. The second-order valence-corrected chi connectivity index (χ2v) is 6.13. The van der Waals surface area contributed by atoms with Crippen LogP contribution in [0, 0.1) is 6.92 Å². The fraction of sp³-hybridized carbons (Fsp3) is 0.263. The predicted octanol–water partition coefficient (Wildman–Crippen LogP) is 3.84. The largest absolute Gasteiger partial charge is 0.376 e. The minimum atomic E-state index is -0.216. The Morgan fingerprint density at radius 1 is 1.12 bits per heavy atom. The van der Waals surface area contributed by atoms with Crippen molar-refractivity contribution < 1.29 is 9.59 Å². The Hall–Kier alpha value is -2.53. The highest BCUT2D eigenvalue weighted by Gasteiger charge is 2.08. The van der Waals surface area contributed by atoms with Gasteiger partial charge in [0.25, 0.3) is 5.91 Å². The lowest BCUT2D eigenvalue weighted by molar-refractivity contribution is -0.114. The van der Waals surface area contributed by atoms with E-state index in [9.17, 15) is 9.59 Å². The molecule has 0 aliphatic rings. The first kappa shape index (κ1) is 18.8. The van der Waals surface area contributed by atoms with Crippen LogP contribution < -0.4 is 16.0 Å². The summed E-state index contributed by atoms with van der Waals surface area (Å²) >= 11 is 6.11. The van der Waals surface area contributed by atoms with E-state index in [1.54, 1.807) is 30.3 Å². The summed E-state index contributed by atoms with van der Waals surface area (Å²) in [4.78, 5) is 24.0.